The minimum atomic E-state index is -0.601. The molecule has 0 saturated carbocycles. The number of nitrogens with zero attached hydrogens (tertiary/aromatic N) is 1. The number of thiophene rings is 1. The van der Waals surface area contributed by atoms with E-state index in [-0.39, 0.29) is 6.03 Å². The fourth-order valence-corrected chi connectivity index (χ4v) is 4.43. The van der Waals surface area contributed by atoms with E-state index in [9.17, 15) is 4.79 Å². The lowest BCUT2D eigenvalue weighted by molar-refractivity contribution is 0.262. The van der Waals surface area contributed by atoms with E-state index in [2.05, 4.69) is 27.5 Å². The third kappa shape index (κ3) is 5.44. The highest BCUT2D eigenvalue weighted by Gasteiger charge is 2.14. The number of carbonyl (C=O) groups is 1. The maximum absolute atomic E-state index is 12.3. The molecule has 4 rings (SSSR count). The molecule has 33 heavy (non-hydrogen) atoms. The van der Waals surface area contributed by atoms with Gasteiger partial charge in [-0.1, -0.05) is 41.6 Å². The molecule has 0 aliphatic carbocycles. The lowest BCUT2D eigenvalue weighted by atomic mass is 10.0. The number of hydrogen-bond donors (Lipinski definition) is 4. The van der Waals surface area contributed by atoms with Crippen molar-refractivity contribution >= 4 is 56.2 Å². The summed E-state index contributed by atoms with van der Waals surface area (Å²) in [6.45, 7) is 3.71. The Labute approximate surface area is 201 Å². The second kappa shape index (κ2) is 9.12. The number of rotatable bonds is 3. The maximum atomic E-state index is 12.3. The Morgan fingerprint density at radius 2 is 1.85 bits per heavy atom. The summed E-state index contributed by atoms with van der Waals surface area (Å²) in [6.07, 6.45) is 1.68. The van der Waals surface area contributed by atoms with Gasteiger partial charge in [-0.15, -0.1) is 11.3 Å². The van der Waals surface area contributed by atoms with E-state index in [1.54, 1.807) is 41.8 Å². The summed E-state index contributed by atoms with van der Waals surface area (Å²) < 4.78 is 0.970. The molecule has 6 N–H and O–H groups in total. The van der Waals surface area contributed by atoms with E-state index in [0.29, 0.717) is 22.2 Å². The third-order valence-electron chi connectivity index (χ3n) is 4.68. The molecule has 0 aliphatic heterocycles. The van der Waals surface area contributed by atoms with Crippen LogP contribution >= 0.6 is 22.9 Å². The largest absolute Gasteiger partial charge is 0.383 e. The van der Waals surface area contributed by atoms with Gasteiger partial charge < -0.3 is 22.1 Å². The van der Waals surface area contributed by atoms with Gasteiger partial charge in [0.05, 0.1) is 15.8 Å². The van der Waals surface area contributed by atoms with Crippen LogP contribution in [-0.2, 0) is 0 Å². The Bertz CT molecular complexity index is 1390. The van der Waals surface area contributed by atoms with Gasteiger partial charge in [0.25, 0.3) is 0 Å². The number of nitrogens with one attached hydrogen (secondary N) is 2. The number of carbonyl (C=O) groups excluding carboxylic acids is 1. The monoisotopic (exact) mass is 475 g/mol. The van der Waals surface area contributed by atoms with Crippen LogP contribution < -0.4 is 22.1 Å². The minimum Gasteiger partial charge on any atom is -0.383 e. The van der Waals surface area contributed by atoms with Crippen molar-refractivity contribution in [3.8, 4) is 23.0 Å². The summed E-state index contributed by atoms with van der Waals surface area (Å²) >= 11 is 7.52. The van der Waals surface area contributed by atoms with Crippen LogP contribution in [0.5, 0.6) is 0 Å². The highest BCUT2D eigenvalue weighted by atomic mass is 35.5. The first-order chi connectivity index (χ1) is 15.7. The molecule has 6 nitrogen and oxygen atoms in total. The smallest absolute Gasteiger partial charge is 0.323 e. The third-order valence-corrected chi connectivity index (χ3v) is 5.93. The zero-order chi connectivity index (χ0) is 23.6. The van der Waals surface area contributed by atoms with Gasteiger partial charge in [0.15, 0.2) is 0 Å². The van der Waals surface area contributed by atoms with Gasteiger partial charge in [0, 0.05) is 33.5 Å². The molecule has 0 aliphatic rings. The van der Waals surface area contributed by atoms with E-state index >= 15 is 0 Å². The lowest BCUT2D eigenvalue weighted by Crippen LogP contribution is -2.29. The Balaban J connectivity index is 1.57. The van der Waals surface area contributed by atoms with Crippen molar-refractivity contribution in [2.24, 2.45) is 5.73 Å². The average Bonchev–Trinajstić information content (AvgIpc) is 3.19. The van der Waals surface area contributed by atoms with Gasteiger partial charge in [-0.05, 0) is 55.1 Å². The summed E-state index contributed by atoms with van der Waals surface area (Å²) in [7, 11) is 0. The van der Waals surface area contributed by atoms with Crippen LogP contribution in [0, 0.1) is 11.8 Å². The first-order valence-corrected chi connectivity index (χ1v) is 11.4. The SMILES string of the molecule is CC(C)(N)C#Cc1cnc(N)c2c(-c3ccc(NC(=O)Nc4cccc(Cl)c4)cc3)csc12. The van der Waals surface area contributed by atoms with Crippen LogP contribution in [0.4, 0.5) is 22.0 Å². The van der Waals surface area contributed by atoms with Crippen molar-refractivity contribution in [2.45, 2.75) is 19.4 Å². The minimum absolute atomic E-state index is 0.356. The van der Waals surface area contributed by atoms with Crippen molar-refractivity contribution in [3.05, 3.63) is 70.7 Å². The number of anilines is 3. The van der Waals surface area contributed by atoms with Crippen LogP contribution in [0.15, 0.2) is 60.1 Å². The van der Waals surface area contributed by atoms with Crippen molar-refractivity contribution in [1.29, 1.82) is 0 Å². The van der Waals surface area contributed by atoms with Crippen LogP contribution in [0.1, 0.15) is 19.4 Å². The number of nitrogens with two attached hydrogens (primary N) is 2. The van der Waals surface area contributed by atoms with Crippen molar-refractivity contribution in [3.63, 3.8) is 0 Å². The second-order valence-corrected chi connectivity index (χ2v) is 9.37. The highest BCUT2D eigenvalue weighted by molar-refractivity contribution is 7.18. The number of amides is 2. The van der Waals surface area contributed by atoms with Gasteiger partial charge in [-0.2, -0.15) is 0 Å². The van der Waals surface area contributed by atoms with E-state index in [1.807, 2.05) is 43.5 Å². The molecule has 8 heteroatoms. The summed E-state index contributed by atoms with van der Waals surface area (Å²) in [5, 5.41) is 9.02. The number of hydrogen-bond acceptors (Lipinski definition) is 5. The van der Waals surface area contributed by atoms with E-state index in [0.717, 1.165) is 26.8 Å². The van der Waals surface area contributed by atoms with Gasteiger partial charge in [-0.25, -0.2) is 9.78 Å². The lowest BCUT2D eigenvalue weighted by Gasteiger charge is -2.09. The fourth-order valence-electron chi connectivity index (χ4n) is 3.19. The molecule has 2 aromatic carbocycles. The van der Waals surface area contributed by atoms with Crippen LogP contribution in [-0.4, -0.2) is 16.6 Å². The summed E-state index contributed by atoms with van der Waals surface area (Å²) in [4.78, 5) is 16.6. The number of nitrogen functional groups attached to an aromatic ring is 1. The molecule has 0 fully saturated rings. The first-order valence-electron chi connectivity index (χ1n) is 10.1. The Kier molecular flexibility index (Phi) is 6.25. The standard InChI is InChI=1S/C25H22ClN5OS/c1-25(2,28)11-10-16-13-29-23(27)21-20(14-33-22(16)21)15-6-8-18(9-7-15)30-24(32)31-19-5-3-4-17(26)12-19/h3-9,12-14H,28H2,1-2H3,(H2,27,29)(H2,30,31,32). The predicted molar refractivity (Wildman–Crippen MR) is 139 cm³/mol. The molecule has 0 radical (unpaired) electrons. The van der Waals surface area contributed by atoms with E-state index < -0.39 is 5.54 Å². The molecule has 2 amide bonds. The van der Waals surface area contributed by atoms with E-state index in [4.69, 9.17) is 23.1 Å². The Hall–Kier alpha value is -3.57. The molecular weight excluding hydrogens is 454 g/mol. The second-order valence-electron chi connectivity index (χ2n) is 8.05. The molecule has 0 saturated heterocycles. The summed E-state index contributed by atoms with van der Waals surface area (Å²) in [5.74, 6) is 6.62. The molecule has 2 heterocycles. The molecule has 0 atom stereocenters. The maximum Gasteiger partial charge on any atom is 0.323 e. The first kappa shape index (κ1) is 22.6. The number of aromatic nitrogens is 1. The fraction of sp³-hybridized carbons (Fsp3) is 0.120. The topological polar surface area (TPSA) is 106 Å². The van der Waals surface area contributed by atoms with Gasteiger partial charge in [-0.3, -0.25) is 0 Å². The summed E-state index contributed by atoms with van der Waals surface area (Å²) in [6, 6.07) is 14.1. The Morgan fingerprint density at radius 1 is 1.12 bits per heavy atom. The number of fused-ring (bicyclic) bond motifs is 1. The number of urea groups is 1. The zero-order valence-corrected chi connectivity index (χ0v) is 19.6. The molecule has 166 valence electrons. The van der Waals surface area contributed by atoms with Crippen molar-refractivity contribution < 1.29 is 4.79 Å². The van der Waals surface area contributed by atoms with Crippen LogP contribution in [0.2, 0.25) is 5.02 Å². The molecule has 4 aromatic rings. The number of pyridine rings is 1. The van der Waals surface area contributed by atoms with Crippen molar-refractivity contribution in [1.82, 2.24) is 4.98 Å². The number of benzene rings is 2. The van der Waals surface area contributed by atoms with Crippen molar-refractivity contribution in [2.75, 3.05) is 16.4 Å². The van der Waals surface area contributed by atoms with Gasteiger partial charge >= 0.3 is 6.03 Å². The molecule has 2 aromatic heterocycles. The van der Waals surface area contributed by atoms with Crippen LogP contribution in [0.3, 0.4) is 0 Å². The molecule has 0 bridgehead atoms. The Morgan fingerprint density at radius 3 is 2.55 bits per heavy atom. The van der Waals surface area contributed by atoms with Gasteiger partial charge in [0.1, 0.15) is 5.82 Å². The quantitative estimate of drug-likeness (QED) is 0.275. The molecule has 0 spiro atoms. The predicted octanol–water partition coefficient (Wildman–Crippen LogP) is 5.93. The highest BCUT2D eigenvalue weighted by Crippen LogP contribution is 2.38. The van der Waals surface area contributed by atoms with Crippen LogP contribution in [0.25, 0.3) is 21.2 Å². The average molecular weight is 476 g/mol. The molecular formula is C25H22ClN5OS. The summed E-state index contributed by atoms with van der Waals surface area (Å²) in [5.41, 5.74) is 15.6. The van der Waals surface area contributed by atoms with E-state index in [1.165, 1.54) is 0 Å². The zero-order valence-electron chi connectivity index (χ0n) is 18.1. The number of halogens is 1. The van der Waals surface area contributed by atoms with Gasteiger partial charge in [0.2, 0.25) is 0 Å². The molecule has 0 unspecified atom stereocenters. The normalized spacial score (nSPS) is 11.0.